The molecule has 0 aromatic heterocycles. The van der Waals surface area contributed by atoms with Gasteiger partial charge in [0.2, 0.25) is 15.9 Å². The Hall–Kier alpha value is -3.56. The molecule has 3 aromatic carbocycles. The number of benzene rings is 3. The van der Waals surface area contributed by atoms with Crippen molar-refractivity contribution >= 4 is 21.6 Å². The second-order valence-electron chi connectivity index (χ2n) is 7.55. The molecule has 0 saturated carbocycles. The lowest BCUT2D eigenvalue weighted by atomic mass is 10.1. The Morgan fingerprint density at radius 3 is 2.18 bits per heavy atom. The monoisotopic (exact) mass is 484 g/mol. The number of methoxy groups -OCH3 is 3. The average molecular weight is 485 g/mol. The SMILES string of the molecule is COc1ccc(OC)c(NC(=O)C(Cc2ccccc2)NS(=O)(=O)c2ccc(OC)c(C)c2)c1. The summed E-state index contributed by atoms with van der Waals surface area (Å²) in [4.78, 5) is 13.3. The number of hydrogen-bond acceptors (Lipinski definition) is 6. The van der Waals surface area contributed by atoms with Gasteiger partial charge in [-0.3, -0.25) is 4.79 Å². The van der Waals surface area contributed by atoms with Crippen molar-refractivity contribution in [3.05, 3.63) is 77.9 Å². The molecule has 0 aliphatic rings. The van der Waals surface area contributed by atoms with Crippen molar-refractivity contribution in [2.75, 3.05) is 26.6 Å². The van der Waals surface area contributed by atoms with Gasteiger partial charge in [-0.2, -0.15) is 4.72 Å². The van der Waals surface area contributed by atoms with Crippen LogP contribution in [0, 0.1) is 6.92 Å². The van der Waals surface area contributed by atoms with E-state index in [1.807, 2.05) is 30.3 Å². The molecule has 0 saturated heterocycles. The van der Waals surface area contributed by atoms with Crippen molar-refractivity contribution in [3.8, 4) is 17.2 Å². The highest BCUT2D eigenvalue weighted by Gasteiger charge is 2.27. The Kier molecular flexibility index (Phi) is 8.14. The Morgan fingerprint density at radius 2 is 1.56 bits per heavy atom. The fourth-order valence-corrected chi connectivity index (χ4v) is 4.72. The summed E-state index contributed by atoms with van der Waals surface area (Å²) in [6, 6.07) is 17.6. The molecule has 1 amide bonds. The molecular formula is C25H28N2O6S. The molecule has 3 aromatic rings. The minimum absolute atomic E-state index is 0.0376. The zero-order valence-corrected chi connectivity index (χ0v) is 20.3. The van der Waals surface area contributed by atoms with Crippen LogP contribution in [0.25, 0.3) is 0 Å². The molecule has 0 fully saturated rings. The summed E-state index contributed by atoms with van der Waals surface area (Å²) >= 11 is 0. The highest BCUT2D eigenvalue weighted by atomic mass is 32.2. The lowest BCUT2D eigenvalue weighted by molar-refractivity contribution is -0.117. The average Bonchev–Trinajstić information content (AvgIpc) is 2.84. The summed E-state index contributed by atoms with van der Waals surface area (Å²) in [5, 5.41) is 2.77. The quantitative estimate of drug-likeness (QED) is 0.456. The fourth-order valence-electron chi connectivity index (χ4n) is 3.44. The number of carbonyl (C=O) groups excluding carboxylic acids is 1. The Balaban J connectivity index is 1.92. The zero-order valence-electron chi connectivity index (χ0n) is 19.5. The number of sulfonamides is 1. The summed E-state index contributed by atoms with van der Waals surface area (Å²) in [6.45, 7) is 1.75. The molecule has 2 N–H and O–H groups in total. The molecule has 0 aliphatic heterocycles. The third-order valence-electron chi connectivity index (χ3n) is 5.24. The van der Waals surface area contributed by atoms with Gasteiger partial charge in [0.05, 0.1) is 31.9 Å². The van der Waals surface area contributed by atoms with E-state index in [0.717, 1.165) is 5.56 Å². The summed E-state index contributed by atoms with van der Waals surface area (Å²) in [7, 11) is 0.491. The van der Waals surface area contributed by atoms with Crippen LogP contribution in [0.15, 0.2) is 71.6 Å². The van der Waals surface area contributed by atoms with Crippen molar-refractivity contribution in [2.24, 2.45) is 0 Å². The first-order valence-corrected chi connectivity index (χ1v) is 12.0. The summed E-state index contributed by atoms with van der Waals surface area (Å²) < 4.78 is 44.7. The molecular weight excluding hydrogens is 456 g/mol. The summed E-state index contributed by atoms with van der Waals surface area (Å²) in [6.07, 6.45) is 0.146. The molecule has 9 heteroatoms. The predicted molar refractivity (Wildman–Crippen MR) is 130 cm³/mol. The molecule has 0 aliphatic carbocycles. The van der Waals surface area contributed by atoms with E-state index in [2.05, 4.69) is 10.0 Å². The van der Waals surface area contributed by atoms with Gasteiger partial charge in [-0.1, -0.05) is 30.3 Å². The highest BCUT2D eigenvalue weighted by Crippen LogP contribution is 2.29. The maximum atomic E-state index is 13.3. The Bertz CT molecular complexity index is 1250. The molecule has 0 heterocycles. The van der Waals surface area contributed by atoms with Gasteiger partial charge < -0.3 is 19.5 Å². The molecule has 0 bridgehead atoms. The van der Waals surface area contributed by atoms with E-state index in [0.29, 0.717) is 28.5 Å². The van der Waals surface area contributed by atoms with Crippen LogP contribution in [0.1, 0.15) is 11.1 Å². The third kappa shape index (κ3) is 6.06. The van der Waals surface area contributed by atoms with Gasteiger partial charge in [0, 0.05) is 6.07 Å². The molecule has 1 atom stereocenters. The molecule has 8 nitrogen and oxygen atoms in total. The van der Waals surface area contributed by atoms with E-state index < -0.39 is 22.0 Å². The number of amides is 1. The van der Waals surface area contributed by atoms with Crippen molar-refractivity contribution in [2.45, 2.75) is 24.3 Å². The maximum absolute atomic E-state index is 13.3. The van der Waals surface area contributed by atoms with Gasteiger partial charge in [-0.25, -0.2) is 8.42 Å². The van der Waals surface area contributed by atoms with Crippen LogP contribution < -0.4 is 24.2 Å². The van der Waals surface area contributed by atoms with Crippen LogP contribution in [-0.2, 0) is 21.2 Å². The predicted octanol–water partition coefficient (Wildman–Crippen LogP) is 3.55. The van der Waals surface area contributed by atoms with Crippen molar-refractivity contribution < 1.29 is 27.4 Å². The smallest absolute Gasteiger partial charge is 0.243 e. The van der Waals surface area contributed by atoms with E-state index >= 15 is 0 Å². The number of aryl methyl sites for hydroxylation is 1. The topological polar surface area (TPSA) is 103 Å². The zero-order chi connectivity index (χ0) is 24.7. The van der Waals surface area contributed by atoms with Crippen LogP contribution in [0.3, 0.4) is 0 Å². The van der Waals surface area contributed by atoms with Crippen LogP contribution in [0.4, 0.5) is 5.69 Å². The van der Waals surface area contributed by atoms with E-state index in [-0.39, 0.29) is 11.3 Å². The molecule has 0 spiro atoms. The standard InChI is InChI=1S/C25H28N2O6S/c1-17-14-20(11-13-23(17)32-3)34(29,30)27-22(15-18-8-6-5-7-9-18)25(28)26-21-16-19(31-2)10-12-24(21)33-4/h5-14,16,22,27H,15H2,1-4H3,(H,26,28). The first kappa shape index (κ1) is 25.1. The van der Waals surface area contributed by atoms with E-state index in [1.54, 1.807) is 31.2 Å². The Labute approximate surface area is 199 Å². The number of carbonyl (C=O) groups is 1. The first-order valence-electron chi connectivity index (χ1n) is 10.5. The fraction of sp³-hybridized carbons (Fsp3) is 0.240. The molecule has 34 heavy (non-hydrogen) atoms. The second kappa shape index (κ2) is 11.0. The van der Waals surface area contributed by atoms with Crippen LogP contribution in [0.2, 0.25) is 0 Å². The number of anilines is 1. The molecule has 0 radical (unpaired) electrons. The van der Waals surface area contributed by atoms with Gasteiger partial charge in [0.1, 0.15) is 23.3 Å². The second-order valence-corrected chi connectivity index (χ2v) is 9.26. The van der Waals surface area contributed by atoms with Crippen molar-refractivity contribution in [1.82, 2.24) is 4.72 Å². The first-order chi connectivity index (χ1) is 16.3. The van der Waals surface area contributed by atoms with Crippen LogP contribution >= 0.6 is 0 Å². The van der Waals surface area contributed by atoms with Crippen LogP contribution in [-0.4, -0.2) is 41.7 Å². The lowest BCUT2D eigenvalue weighted by Crippen LogP contribution is -2.45. The van der Waals surface area contributed by atoms with Crippen molar-refractivity contribution in [3.63, 3.8) is 0 Å². The van der Waals surface area contributed by atoms with Crippen molar-refractivity contribution in [1.29, 1.82) is 0 Å². The van der Waals surface area contributed by atoms with E-state index in [9.17, 15) is 13.2 Å². The number of rotatable bonds is 10. The van der Waals surface area contributed by atoms with Gasteiger partial charge in [-0.05, 0) is 54.8 Å². The molecule has 3 rings (SSSR count). The lowest BCUT2D eigenvalue weighted by Gasteiger charge is -2.20. The maximum Gasteiger partial charge on any atom is 0.243 e. The number of ether oxygens (including phenoxy) is 3. The Morgan fingerprint density at radius 1 is 0.882 bits per heavy atom. The largest absolute Gasteiger partial charge is 0.497 e. The minimum Gasteiger partial charge on any atom is -0.497 e. The molecule has 1 unspecified atom stereocenters. The third-order valence-corrected chi connectivity index (χ3v) is 6.71. The highest BCUT2D eigenvalue weighted by molar-refractivity contribution is 7.89. The van der Waals surface area contributed by atoms with Gasteiger partial charge in [-0.15, -0.1) is 0 Å². The number of nitrogens with one attached hydrogen (secondary N) is 2. The summed E-state index contributed by atoms with van der Waals surface area (Å²) in [5.74, 6) is 0.970. The summed E-state index contributed by atoms with van der Waals surface area (Å²) in [5.41, 5.74) is 1.83. The van der Waals surface area contributed by atoms with E-state index in [1.165, 1.54) is 33.5 Å². The van der Waals surface area contributed by atoms with Gasteiger partial charge >= 0.3 is 0 Å². The normalized spacial score (nSPS) is 12.0. The van der Waals surface area contributed by atoms with Crippen LogP contribution in [0.5, 0.6) is 17.2 Å². The minimum atomic E-state index is -4.02. The van der Waals surface area contributed by atoms with E-state index in [4.69, 9.17) is 14.2 Å². The van der Waals surface area contributed by atoms with Gasteiger partial charge in [0.25, 0.3) is 0 Å². The van der Waals surface area contributed by atoms with Gasteiger partial charge in [0.15, 0.2) is 0 Å². The number of hydrogen-bond donors (Lipinski definition) is 2. The molecule has 180 valence electrons.